The van der Waals surface area contributed by atoms with Gasteiger partial charge in [0, 0.05) is 0 Å². The summed E-state index contributed by atoms with van der Waals surface area (Å²) in [5, 5.41) is 2.67. The molecule has 3 rings (SSSR count). The fraction of sp³-hybridized carbons (Fsp3) is 0.174. The standard InChI is InChI=1S/C23H24N2O6S/c1-16(31-17-9-5-4-6-10-17)23(26)24-20-15-18(13-14-22(20)30-3)32(27,28)25-19-11-7-8-12-21(19)29-2/h4-16,25H,1-3H3,(H,24,26)/t16-/m1/s1. The summed E-state index contributed by atoms with van der Waals surface area (Å²) >= 11 is 0. The molecular formula is C23H24N2O6S. The number of methoxy groups -OCH3 is 2. The first kappa shape index (κ1) is 23.0. The van der Waals surface area contributed by atoms with Crippen LogP contribution in [0.3, 0.4) is 0 Å². The normalized spacial score (nSPS) is 11.8. The third-order valence-electron chi connectivity index (χ3n) is 4.52. The van der Waals surface area contributed by atoms with Crippen LogP contribution in [0.2, 0.25) is 0 Å². The Hall–Kier alpha value is -3.72. The molecule has 0 aliphatic carbocycles. The molecule has 0 aliphatic rings. The summed E-state index contributed by atoms with van der Waals surface area (Å²) in [6, 6.07) is 19.7. The molecule has 0 aromatic heterocycles. The van der Waals surface area contributed by atoms with E-state index < -0.39 is 22.0 Å². The Morgan fingerprint density at radius 3 is 2.16 bits per heavy atom. The Morgan fingerprint density at radius 1 is 0.844 bits per heavy atom. The Kier molecular flexibility index (Phi) is 7.21. The molecule has 9 heteroatoms. The Labute approximate surface area is 187 Å². The molecule has 0 heterocycles. The molecule has 1 amide bonds. The van der Waals surface area contributed by atoms with Gasteiger partial charge in [-0.25, -0.2) is 8.42 Å². The molecule has 0 saturated heterocycles. The molecule has 0 spiro atoms. The van der Waals surface area contributed by atoms with Crippen molar-refractivity contribution in [3.05, 3.63) is 72.8 Å². The molecule has 32 heavy (non-hydrogen) atoms. The van der Waals surface area contributed by atoms with Crippen LogP contribution in [0.1, 0.15) is 6.92 Å². The first-order valence-corrected chi connectivity index (χ1v) is 11.2. The van der Waals surface area contributed by atoms with E-state index in [1.807, 2.05) is 6.07 Å². The number of ether oxygens (including phenoxy) is 3. The summed E-state index contributed by atoms with van der Waals surface area (Å²) in [6.07, 6.45) is -0.825. The molecule has 8 nitrogen and oxygen atoms in total. The fourth-order valence-electron chi connectivity index (χ4n) is 2.88. The molecule has 0 unspecified atom stereocenters. The van der Waals surface area contributed by atoms with Gasteiger partial charge in [-0.15, -0.1) is 0 Å². The summed E-state index contributed by atoms with van der Waals surface area (Å²) in [4.78, 5) is 12.6. The summed E-state index contributed by atoms with van der Waals surface area (Å²) in [5.74, 6) is 0.769. The van der Waals surface area contributed by atoms with E-state index in [0.29, 0.717) is 22.9 Å². The van der Waals surface area contributed by atoms with Crippen LogP contribution in [0, 0.1) is 0 Å². The SMILES string of the molecule is COc1ccc(S(=O)(=O)Nc2ccccc2OC)cc1NC(=O)[C@@H](C)Oc1ccccc1. The monoisotopic (exact) mass is 456 g/mol. The number of hydrogen-bond acceptors (Lipinski definition) is 6. The zero-order valence-electron chi connectivity index (χ0n) is 17.9. The molecular weight excluding hydrogens is 432 g/mol. The molecule has 0 bridgehead atoms. The lowest BCUT2D eigenvalue weighted by Crippen LogP contribution is -2.30. The van der Waals surface area contributed by atoms with Crippen LogP contribution in [0.15, 0.2) is 77.7 Å². The predicted molar refractivity (Wildman–Crippen MR) is 122 cm³/mol. The van der Waals surface area contributed by atoms with Crippen molar-refractivity contribution in [1.29, 1.82) is 0 Å². The number of benzene rings is 3. The Bertz CT molecular complexity index is 1180. The van der Waals surface area contributed by atoms with E-state index >= 15 is 0 Å². The van der Waals surface area contributed by atoms with Crippen molar-refractivity contribution in [1.82, 2.24) is 0 Å². The second-order valence-electron chi connectivity index (χ2n) is 6.73. The van der Waals surface area contributed by atoms with Crippen molar-refractivity contribution in [2.45, 2.75) is 17.9 Å². The van der Waals surface area contributed by atoms with Gasteiger partial charge in [-0.1, -0.05) is 30.3 Å². The topological polar surface area (TPSA) is 103 Å². The van der Waals surface area contributed by atoms with E-state index in [-0.39, 0.29) is 10.6 Å². The maximum absolute atomic E-state index is 12.9. The minimum atomic E-state index is -3.97. The lowest BCUT2D eigenvalue weighted by molar-refractivity contribution is -0.122. The third-order valence-corrected chi connectivity index (χ3v) is 5.88. The van der Waals surface area contributed by atoms with Gasteiger partial charge < -0.3 is 19.5 Å². The summed E-state index contributed by atoms with van der Waals surface area (Å²) in [6.45, 7) is 1.60. The van der Waals surface area contributed by atoms with Crippen LogP contribution < -0.4 is 24.2 Å². The second-order valence-corrected chi connectivity index (χ2v) is 8.41. The fourth-order valence-corrected chi connectivity index (χ4v) is 3.97. The average molecular weight is 457 g/mol. The number of sulfonamides is 1. The van der Waals surface area contributed by atoms with Crippen LogP contribution in [-0.2, 0) is 14.8 Å². The number of rotatable bonds is 9. The lowest BCUT2D eigenvalue weighted by atomic mass is 10.2. The number of anilines is 2. The average Bonchev–Trinajstić information content (AvgIpc) is 2.79. The Morgan fingerprint density at radius 2 is 1.47 bits per heavy atom. The van der Waals surface area contributed by atoms with E-state index in [4.69, 9.17) is 14.2 Å². The molecule has 3 aromatic rings. The minimum absolute atomic E-state index is 0.0591. The second kappa shape index (κ2) is 10.1. The largest absolute Gasteiger partial charge is 0.495 e. The zero-order chi connectivity index (χ0) is 23.1. The molecule has 0 saturated carbocycles. The van der Waals surface area contributed by atoms with Gasteiger partial charge in [0.2, 0.25) is 0 Å². The number of hydrogen-bond donors (Lipinski definition) is 2. The highest BCUT2D eigenvalue weighted by Gasteiger charge is 2.21. The maximum Gasteiger partial charge on any atom is 0.265 e. The van der Waals surface area contributed by atoms with Gasteiger partial charge in [-0.05, 0) is 49.4 Å². The number of nitrogens with one attached hydrogen (secondary N) is 2. The summed E-state index contributed by atoms with van der Waals surface area (Å²) in [7, 11) is -1.09. The summed E-state index contributed by atoms with van der Waals surface area (Å²) < 4.78 is 44.5. The maximum atomic E-state index is 12.9. The van der Waals surface area contributed by atoms with Crippen LogP contribution in [0.4, 0.5) is 11.4 Å². The van der Waals surface area contributed by atoms with Crippen LogP contribution in [-0.4, -0.2) is 34.6 Å². The van der Waals surface area contributed by atoms with Crippen LogP contribution in [0.5, 0.6) is 17.2 Å². The van der Waals surface area contributed by atoms with E-state index in [1.165, 1.54) is 32.4 Å². The van der Waals surface area contributed by atoms with Crippen molar-refractivity contribution in [2.75, 3.05) is 24.3 Å². The van der Waals surface area contributed by atoms with E-state index in [1.54, 1.807) is 55.5 Å². The zero-order valence-corrected chi connectivity index (χ0v) is 18.7. The highest BCUT2D eigenvalue weighted by Crippen LogP contribution is 2.31. The summed E-state index contributed by atoms with van der Waals surface area (Å²) in [5.41, 5.74) is 0.491. The van der Waals surface area contributed by atoms with E-state index in [9.17, 15) is 13.2 Å². The highest BCUT2D eigenvalue weighted by atomic mass is 32.2. The molecule has 1 atom stereocenters. The third kappa shape index (κ3) is 5.50. The smallest absolute Gasteiger partial charge is 0.265 e. The highest BCUT2D eigenvalue weighted by molar-refractivity contribution is 7.92. The van der Waals surface area contributed by atoms with E-state index in [2.05, 4.69) is 10.0 Å². The molecule has 2 N–H and O–H groups in total. The lowest BCUT2D eigenvalue weighted by Gasteiger charge is -2.17. The molecule has 0 aliphatic heterocycles. The van der Waals surface area contributed by atoms with Crippen molar-refractivity contribution in [3.8, 4) is 17.2 Å². The Balaban J connectivity index is 1.82. The van der Waals surface area contributed by atoms with Gasteiger partial charge in [0.1, 0.15) is 17.2 Å². The number of carbonyl (C=O) groups is 1. The van der Waals surface area contributed by atoms with Gasteiger partial charge in [-0.2, -0.15) is 0 Å². The van der Waals surface area contributed by atoms with Crippen molar-refractivity contribution in [2.24, 2.45) is 0 Å². The number of para-hydroxylation sites is 3. The molecule has 168 valence electrons. The minimum Gasteiger partial charge on any atom is -0.495 e. The first-order chi connectivity index (χ1) is 15.3. The van der Waals surface area contributed by atoms with Gasteiger partial charge >= 0.3 is 0 Å². The van der Waals surface area contributed by atoms with Gasteiger partial charge in [0.05, 0.1) is 30.5 Å². The molecule has 0 fully saturated rings. The van der Waals surface area contributed by atoms with Gasteiger partial charge in [0.15, 0.2) is 6.10 Å². The van der Waals surface area contributed by atoms with E-state index in [0.717, 1.165) is 0 Å². The van der Waals surface area contributed by atoms with Crippen molar-refractivity contribution >= 4 is 27.3 Å². The van der Waals surface area contributed by atoms with Crippen molar-refractivity contribution < 1.29 is 27.4 Å². The van der Waals surface area contributed by atoms with Gasteiger partial charge in [-0.3, -0.25) is 9.52 Å². The van der Waals surface area contributed by atoms with Gasteiger partial charge in [0.25, 0.3) is 15.9 Å². The number of amides is 1. The van der Waals surface area contributed by atoms with Crippen LogP contribution >= 0.6 is 0 Å². The van der Waals surface area contributed by atoms with Crippen molar-refractivity contribution in [3.63, 3.8) is 0 Å². The first-order valence-electron chi connectivity index (χ1n) is 9.70. The molecule has 3 aromatic carbocycles. The molecule has 0 radical (unpaired) electrons. The number of carbonyl (C=O) groups excluding carboxylic acids is 1. The quantitative estimate of drug-likeness (QED) is 0.506. The predicted octanol–water partition coefficient (Wildman–Crippen LogP) is 3.91. The van der Waals surface area contributed by atoms with Crippen LogP contribution in [0.25, 0.3) is 0 Å².